The van der Waals surface area contributed by atoms with Crippen molar-refractivity contribution in [2.75, 3.05) is 45.9 Å². The summed E-state index contributed by atoms with van der Waals surface area (Å²) in [5, 5.41) is 0. The van der Waals surface area contributed by atoms with E-state index in [4.69, 9.17) is 4.74 Å². The van der Waals surface area contributed by atoms with Crippen molar-refractivity contribution in [1.29, 1.82) is 0 Å². The van der Waals surface area contributed by atoms with Crippen molar-refractivity contribution >= 4 is 27.3 Å². The van der Waals surface area contributed by atoms with E-state index in [1.165, 1.54) is 12.0 Å². The maximum Gasteiger partial charge on any atom is 0.255 e. The second-order valence-corrected chi connectivity index (χ2v) is 12.9. The summed E-state index contributed by atoms with van der Waals surface area (Å²) in [6, 6.07) is 27.1. The Labute approximate surface area is 253 Å². The Balaban J connectivity index is 1.37. The molecule has 9 heteroatoms. The van der Waals surface area contributed by atoms with E-state index in [1.807, 2.05) is 55.5 Å². The predicted molar refractivity (Wildman–Crippen MR) is 168 cm³/mol. The van der Waals surface area contributed by atoms with Gasteiger partial charge < -0.3 is 19.4 Å². The molecule has 43 heavy (non-hydrogen) atoms. The van der Waals surface area contributed by atoms with E-state index < -0.39 is 9.84 Å². The van der Waals surface area contributed by atoms with Crippen molar-refractivity contribution < 1.29 is 22.7 Å². The highest BCUT2D eigenvalue weighted by atomic mass is 32.2. The number of anilines is 1. The van der Waals surface area contributed by atoms with Crippen LogP contribution in [-0.2, 0) is 15.6 Å². The summed E-state index contributed by atoms with van der Waals surface area (Å²) in [5.41, 5.74) is 5.09. The summed E-state index contributed by atoms with van der Waals surface area (Å²) >= 11 is 0. The van der Waals surface area contributed by atoms with E-state index in [2.05, 4.69) is 4.90 Å². The lowest BCUT2D eigenvalue weighted by molar-refractivity contribution is 0.0792. The van der Waals surface area contributed by atoms with Gasteiger partial charge in [0.1, 0.15) is 10.6 Å². The van der Waals surface area contributed by atoms with Gasteiger partial charge in [0.15, 0.2) is 9.84 Å². The number of carbonyl (C=O) groups is 2. The first-order valence-corrected chi connectivity index (χ1v) is 15.6. The molecule has 1 saturated heterocycles. The van der Waals surface area contributed by atoms with Crippen LogP contribution in [0.25, 0.3) is 11.1 Å². The van der Waals surface area contributed by atoms with Crippen LogP contribution in [0.4, 0.5) is 5.69 Å². The number of sulfone groups is 1. The van der Waals surface area contributed by atoms with E-state index in [0.29, 0.717) is 42.0 Å². The third-order valence-electron chi connectivity index (χ3n) is 7.51. The van der Waals surface area contributed by atoms with Crippen LogP contribution in [-0.4, -0.2) is 71.0 Å². The smallest absolute Gasteiger partial charge is 0.255 e. The van der Waals surface area contributed by atoms with E-state index in [9.17, 15) is 18.0 Å². The summed E-state index contributed by atoms with van der Waals surface area (Å²) in [6.07, 6.45) is 0. The molecule has 0 bridgehead atoms. The van der Waals surface area contributed by atoms with Gasteiger partial charge in [-0.05, 0) is 72.1 Å². The lowest BCUT2D eigenvalue weighted by atomic mass is 10.0. The number of hydrogen-bond donors (Lipinski definition) is 0. The molecule has 0 saturated carbocycles. The molecule has 0 aliphatic carbocycles. The van der Waals surface area contributed by atoms with Gasteiger partial charge in [-0.3, -0.25) is 9.59 Å². The van der Waals surface area contributed by atoms with Crippen LogP contribution in [0.5, 0.6) is 5.75 Å². The number of benzene rings is 4. The summed E-state index contributed by atoms with van der Waals surface area (Å²) < 4.78 is 33.0. The average Bonchev–Trinajstić information content (AvgIpc) is 3.50. The zero-order valence-corrected chi connectivity index (χ0v) is 25.6. The highest BCUT2D eigenvalue weighted by Crippen LogP contribution is 2.33. The molecule has 4 aromatic carbocycles. The molecule has 1 aliphatic heterocycles. The summed E-state index contributed by atoms with van der Waals surface area (Å²) in [5.74, 6) is -0.123. The molecule has 0 unspecified atom stereocenters. The number of rotatable bonds is 8. The number of methoxy groups -OCH3 is 1. The number of carbonyl (C=O) groups excluding carboxylic acids is 2. The molecule has 0 atom stereocenters. The first-order chi connectivity index (χ1) is 20.6. The number of ether oxygens (including phenoxy) is 1. The SMILES string of the molecule is COc1ccc(-c2cccc(C(=O)N(C)C)c2)cc1S(=O)(=O)Cc1cccc(N2CCN(C(=O)c3cccc(C)c3)C2)c1. The monoisotopic (exact) mass is 597 g/mol. The number of hydrogen-bond acceptors (Lipinski definition) is 6. The molecular weight excluding hydrogens is 562 g/mol. The van der Waals surface area contributed by atoms with Crippen LogP contribution in [0.3, 0.4) is 0 Å². The van der Waals surface area contributed by atoms with Crippen LogP contribution in [0.1, 0.15) is 31.8 Å². The Hall–Kier alpha value is -4.63. The maximum atomic E-state index is 13.8. The minimum atomic E-state index is -3.81. The van der Waals surface area contributed by atoms with E-state index in [1.54, 1.807) is 61.5 Å². The standard InChI is InChI=1S/C34H35N3O5S/c1-24-8-5-11-28(18-24)34(39)37-17-16-36(23-37)30-13-6-9-25(19-30)22-43(40,41)32-21-27(14-15-31(32)42-4)26-10-7-12-29(20-26)33(38)35(2)3/h5-15,18-21H,16-17,22-23H2,1-4H3. The zero-order valence-electron chi connectivity index (χ0n) is 24.8. The van der Waals surface area contributed by atoms with Gasteiger partial charge in [-0.2, -0.15) is 0 Å². The Bertz CT molecular complexity index is 1780. The third kappa shape index (κ3) is 6.57. The number of aryl methyl sites for hydroxylation is 1. The predicted octanol–water partition coefficient (Wildman–Crippen LogP) is 5.27. The van der Waals surface area contributed by atoms with Crippen LogP contribution >= 0.6 is 0 Å². The molecule has 4 aromatic rings. The van der Waals surface area contributed by atoms with Gasteiger partial charge in [0.25, 0.3) is 11.8 Å². The molecule has 1 fully saturated rings. The number of nitrogens with zero attached hydrogens (tertiary/aromatic N) is 3. The first kappa shape index (κ1) is 29.8. The van der Waals surface area contributed by atoms with Gasteiger partial charge in [0.2, 0.25) is 0 Å². The average molecular weight is 598 g/mol. The fourth-order valence-corrected chi connectivity index (χ4v) is 6.79. The summed E-state index contributed by atoms with van der Waals surface area (Å²) in [7, 11) is 1.01. The van der Waals surface area contributed by atoms with Crippen molar-refractivity contribution in [3.63, 3.8) is 0 Å². The Morgan fingerprint density at radius 1 is 0.837 bits per heavy atom. The van der Waals surface area contributed by atoms with Crippen LogP contribution in [0.15, 0.2) is 95.9 Å². The van der Waals surface area contributed by atoms with Crippen LogP contribution in [0, 0.1) is 6.92 Å². The molecule has 222 valence electrons. The van der Waals surface area contributed by atoms with Gasteiger partial charge in [0, 0.05) is 44.0 Å². The van der Waals surface area contributed by atoms with E-state index >= 15 is 0 Å². The first-order valence-electron chi connectivity index (χ1n) is 14.0. The lowest BCUT2D eigenvalue weighted by Gasteiger charge is -2.21. The third-order valence-corrected chi connectivity index (χ3v) is 9.22. The lowest BCUT2D eigenvalue weighted by Crippen LogP contribution is -2.31. The topological polar surface area (TPSA) is 87.2 Å². The largest absolute Gasteiger partial charge is 0.495 e. The molecular formula is C34H35N3O5S. The van der Waals surface area contributed by atoms with Crippen molar-refractivity contribution in [2.24, 2.45) is 0 Å². The van der Waals surface area contributed by atoms with Crippen molar-refractivity contribution in [3.8, 4) is 16.9 Å². The van der Waals surface area contributed by atoms with Crippen molar-refractivity contribution in [2.45, 2.75) is 17.6 Å². The molecule has 8 nitrogen and oxygen atoms in total. The summed E-state index contributed by atoms with van der Waals surface area (Å²) in [6.45, 7) is 3.62. The maximum absolute atomic E-state index is 13.8. The molecule has 1 heterocycles. The summed E-state index contributed by atoms with van der Waals surface area (Å²) in [4.78, 5) is 31.0. The van der Waals surface area contributed by atoms with Crippen LogP contribution < -0.4 is 9.64 Å². The molecule has 1 aliphatic rings. The van der Waals surface area contributed by atoms with Gasteiger partial charge in [-0.25, -0.2) is 8.42 Å². The Morgan fingerprint density at radius 3 is 2.30 bits per heavy atom. The van der Waals surface area contributed by atoms with Gasteiger partial charge in [-0.1, -0.05) is 48.0 Å². The fourth-order valence-electron chi connectivity index (χ4n) is 5.26. The van der Waals surface area contributed by atoms with Gasteiger partial charge in [-0.15, -0.1) is 0 Å². The molecule has 0 spiro atoms. The molecule has 2 amide bonds. The van der Waals surface area contributed by atoms with Crippen molar-refractivity contribution in [3.05, 3.63) is 113 Å². The fraction of sp³-hybridized carbons (Fsp3) is 0.235. The Kier molecular flexibility index (Phi) is 8.54. The highest BCUT2D eigenvalue weighted by Gasteiger charge is 2.27. The second-order valence-electron chi connectivity index (χ2n) is 10.9. The normalized spacial score (nSPS) is 13.2. The van der Waals surface area contributed by atoms with E-state index in [0.717, 1.165) is 16.8 Å². The second kappa shape index (κ2) is 12.3. The molecule has 5 rings (SSSR count). The zero-order chi connectivity index (χ0) is 30.7. The highest BCUT2D eigenvalue weighted by molar-refractivity contribution is 7.90. The van der Waals surface area contributed by atoms with E-state index in [-0.39, 0.29) is 28.2 Å². The van der Waals surface area contributed by atoms with Crippen LogP contribution in [0.2, 0.25) is 0 Å². The molecule has 0 aromatic heterocycles. The molecule has 0 N–H and O–H groups in total. The quantitative estimate of drug-likeness (QED) is 0.275. The van der Waals surface area contributed by atoms with Gasteiger partial charge in [0.05, 0.1) is 19.5 Å². The minimum Gasteiger partial charge on any atom is -0.495 e. The number of amides is 2. The minimum absolute atomic E-state index is 0.0199. The van der Waals surface area contributed by atoms with Gasteiger partial charge >= 0.3 is 0 Å². The molecule has 0 radical (unpaired) electrons. The van der Waals surface area contributed by atoms with Crippen molar-refractivity contribution in [1.82, 2.24) is 9.80 Å². The Morgan fingerprint density at radius 2 is 1.56 bits per heavy atom.